The Labute approximate surface area is 519 Å². The second-order valence-corrected chi connectivity index (χ2v) is 26.0. The molecule has 0 saturated carbocycles. The van der Waals surface area contributed by atoms with Crippen LogP contribution in [-0.2, 0) is 14.3 Å². The van der Waals surface area contributed by atoms with Gasteiger partial charge in [0.15, 0.2) is 0 Å². The summed E-state index contributed by atoms with van der Waals surface area (Å²) in [6.07, 6.45) is 93.8. The lowest BCUT2D eigenvalue weighted by molar-refractivity contribution is -0.143. The number of aliphatic hydroxyl groups excluding tert-OH is 2. The van der Waals surface area contributed by atoms with Crippen LogP contribution >= 0.6 is 0 Å². The molecular formula is C77H147NO5. The Morgan fingerprint density at radius 1 is 0.337 bits per heavy atom. The molecular weight excluding hydrogens is 1020 g/mol. The van der Waals surface area contributed by atoms with Crippen molar-refractivity contribution in [2.45, 2.75) is 431 Å². The lowest BCUT2D eigenvalue weighted by atomic mass is 10.0. The van der Waals surface area contributed by atoms with E-state index >= 15 is 0 Å². The molecule has 0 aliphatic carbocycles. The minimum Gasteiger partial charge on any atom is -0.466 e. The minimum atomic E-state index is -0.845. The van der Waals surface area contributed by atoms with Gasteiger partial charge in [-0.05, 0) is 64.2 Å². The summed E-state index contributed by atoms with van der Waals surface area (Å²) in [6, 6.07) is -0.628. The van der Waals surface area contributed by atoms with Gasteiger partial charge in [-0.3, -0.25) is 9.59 Å². The molecule has 0 aliphatic rings. The first-order valence-corrected chi connectivity index (χ1v) is 37.8. The maximum atomic E-state index is 12.5. The van der Waals surface area contributed by atoms with Gasteiger partial charge < -0.3 is 20.3 Å². The van der Waals surface area contributed by atoms with Crippen molar-refractivity contribution in [1.82, 2.24) is 5.32 Å². The van der Waals surface area contributed by atoms with Crippen molar-refractivity contribution in [2.75, 3.05) is 13.2 Å². The van der Waals surface area contributed by atoms with Gasteiger partial charge in [-0.1, -0.05) is 378 Å². The van der Waals surface area contributed by atoms with Gasteiger partial charge in [0.1, 0.15) is 0 Å². The van der Waals surface area contributed by atoms with Crippen molar-refractivity contribution in [3.8, 4) is 0 Å². The molecule has 0 aromatic rings. The number of amides is 1. The number of hydrogen-bond acceptors (Lipinski definition) is 5. The van der Waals surface area contributed by atoms with Gasteiger partial charge in [0, 0.05) is 12.8 Å². The quantitative estimate of drug-likeness (QED) is 0.0320. The number of hydrogen-bond donors (Lipinski definition) is 3. The summed E-state index contributed by atoms with van der Waals surface area (Å²) in [7, 11) is 0. The summed E-state index contributed by atoms with van der Waals surface area (Å²) in [5.41, 5.74) is 0. The van der Waals surface area contributed by atoms with E-state index in [1.165, 1.54) is 340 Å². The van der Waals surface area contributed by atoms with Gasteiger partial charge in [-0.2, -0.15) is 0 Å². The second-order valence-electron chi connectivity index (χ2n) is 26.0. The van der Waals surface area contributed by atoms with Crippen molar-refractivity contribution in [3.63, 3.8) is 0 Å². The van der Waals surface area contributed by atoms with E-state index in [0.717, 1.165) is 51.4 Å². The molecule has 0 spiro atoms. The predicted molar refractivity (Wildman–Crippen MR) is 366 cm³/mol. The van der Waals surface area contributed by atoms with Gasteiger partial charge >= 0.3 is 5.97 Å². The summed E-state index contributed by atoms with van der Waals surface area (Å²) in [5.74, 6) is -0.0528. The third-order valence-electron chi connectivity index (χ3n) is 17.7. The number of allylic oxidation sites excluding steroid dienone is 5. The van der Waals surface area contributed by atoms with Crippen LogP contribution in [0.2, 0.25) is 0 Å². The summed E-state index contributed by atoms with van der Waals surface area (Å²) >= 11 is 0. The van der Waals surface area contributed by atoms with E-state index in [1.807, 2.05) is 6.08 Å². The largest absolute Gasteiger partial charge is 0.466 e. The molecule has 83 heavy (non-hydrogen) atoms. The Kier molecular flexibility index (Phi) is 70.9. The van der Waals surface area contributed by atoms with Crippen LogP contribution in [0.25, 0.3) is 0 Å². The molecule has 3 N–H and O–H groups in total. The van der Waals surface area contributed by atoms with Crippen LogP contribution < -0.4 is 5.32 Å². The second kappa shape index (κ2) is 72.6. The highest BCUT2D eigenvalue weighted by atomic mass is 16.5. The zero-order valence-electron chi connectivity index (χ0n) is 56.2. The average molecular weight is 1170 g/mol. The zero-order valence-corrected chi connectivity index (χ0v) is 56.2. The first-order chi connectivity index (χ1) is 41.0. The van der Waals surface area contributed by atoms with Crippen LogP contribution in [0.15, 0.2) is 36.5 Å². The zero-order chi connectivity index (χ0) is 59.9. The third kappa shape index (κ3) is 69.1. The maximum Gasteiger partial charge on any atom is 0.305 e. The van der Waals surface area contributed by atoms with Crippen LogP contribution in [0.3, 0.4) is 0 Å². The molecule has 0 aromatic heterocycles. The van der Waals surface area contributed by atoms with E-state index < -0.39 is 12.1 Å². The van der Waals surface area contributed by atoms with Crippen molar-refractivity contribution in [3.05, 3.63) is 36.5 Å². The molecule has 0 bridgehead atoms. The van der Waals surface area contributed by atoms with E-state index in [4.69, 9.17) is 4.74 Å². The molecule has 6 heteroatoms. The fourth-order valence-electron chi connectivity index (χ4n) is 11.9. The highest BCUT2D eigenvalue weighted by Crippen LogP contribution is 2.19. The Bertz CT molecular complexity index is 1340. The van der Waals surface area contributed by atoms with E-state index in [1.54, 1.807) is 6.08 Å². The summed E-state index contributed by atoms with van der Waals surface area (Å²) in [5, 5.41) is 23.3. The maximum absolute atomic E-state index is 12.5. The number of unbranched alkanes of at least 4 members (excludes halogenated alkanes) is 56. The first-order valence-electron chi connectivity index (χ1n) is 37.8. The Morgan fingerprint density at radius 2 is 0.602 bits per heavy atom. The number of rotatable bonds is 71. The SMILES string of the molecule is CCCCC/C=C\C/C=C\CCCCCCCCCC(=O)OCCCCCCCCCCCCCCCCCCCCCCCCCCCC(=O)NC(CO)C(O)/C=C/CCCCCCCCCCCCCCCCCCCCCCCC. The van der Waals surface area contributed by atoms with Crippen LogP contribution in [0.1, 0.15) is 418 Å². The fourth-order valence-corrected chi connectivity index (χ4v) is 11.9. The Hall–Kier alpha value is -1.92. The predicted octanol–water partition coefficient (Wildman–Crippen LogP) is 24.7. The highest BCUT2D eigenvalue weighted by molar-refractivity contribution is 5.76. The molecule has 0 saturated heterocycles. The summed E-state index contributed by atoms with van der Waals surface area (Å²) in [4.78, 5) is 24.6. The normalized spacial score (nSPS) is 12.7. The molecule has 490 valence electrons. The van der Waals surface area contributed by atoms with Gasteiger partial charge in [0.05, 0.1) is 25.4 Å². The van der Waals surface area contributed by atoms with Gasteiger partial charge in [0.2, 0.25) is 5.91 Å². The fraction of sp³-hybridized carbons (Fsp3) is 0.896. The van der Waals surface area contributed by atoms with Crippen molar-refractivity contribution < 1.29 is 24.5 Å². The minimum absolute atomic E-state index is 0.00897. The van der Waals surface area contributed by atoms with Crippen molar-refractivity contribution >= 4 is 11.9 Å². The van der Waals surface area contributed by atoms with Crippen LogP contribution in [-0.4, -0.2) is 47.4 Å². The highest BCUT2D eigenvalue weighted by Gasteiger charge is 2.18. The lowest BCUT2D eigenvalue weighted by Crippen LogP contribution is -2.45. The molecule has 1 amide bonds. The number of ether oxygens (including phenoxy) is 1. The molecule has 0 aliphatic heterocycles. The Balaban J connectivity index is 3.39. The molecule has 0 aromatic carbocycles. The number of nitrogens with one attached hydrogen (secondary N) is 1. The van der Waals surface area contributed by atoms with Crippen molar-refractivity contribution in [1.29, 1.82) is 0 Å². The topological polar surface area (TPSA) is 95.9 Å². The molecule has 2 atom stereocenters. The summed E-state index contributed by atoms with van der Waals surface area (Å²) < 4.78 is 5.50. The van der Waals surface area contributed by atoms with E-state index in [9.17, 15) is 19.8 Å². The van der Waals surface area contributed by atoms with E-state index in [-0.39, 0.29) is 18.5 Å². The van der Waals surface area contributed by atoms with Gasteiger partial charge in [-0.25, -0.2) is 0 Å². The van der Waals surface area contributed by atoms with Crippen LogP contribution in [0.4, 0.5) is 0 Å². The molecule has 0 heterocycles. The van der Waals surface area contributed by atoms with Crippen molar-refractivity contribution in [2.24, 2.45) is 0 Å². The van der Waals surface area contributed by atoms with Crippen LogP contribution in [0.5, 0.6) is 0 Å². The lowest BCUT2D eigenvalue weighted by Gasteiger charge is -2.20. The number of carbonyl (C=O) groups excluding carboxylic acids is 2. The number of carbonyl (C=O) groups is 2. The third-order valence-corrected chi connectivity index (χ3v) is 17.7. The molecule has 0 rings (SSSR count). The first kappa shape index (κ1) is 81.1. The molecule has 0 fully saturated rings. The average Bonchev–Trinajstić information content (AvgIpc) is 3.48. The smallest absolute Gasteiger partial charge is 0.305 e. The monoisotopic (exact) mass is 1170 g/mol. The van der Waals surface area contributed by atoms with Gasteiger partial charge in [0.25, 0.3) is 0 Å². The van der Waals surface area contributed by atoms with Gasteiger partial charge in [-0.15, -0.1) is 0 Å². The Morgan fingerprint density at radius 3 is 0.940 bits per heavy atom. The van der Waals surface area contributed by atoms with Crippen LogP contribution in [0, 0.1) is 0 Å². The number of aliphatic hydroxyl groups is 2. The van der Waals surface area contributed by atoms with E-state index in [2.05, 4.69) is 43.5 Å². The summed E-state index contributed by atoms with van der Waals surface area (Å²) in [6.45, 7) is 4.92. The molecule has 0 radical (unpaired) electrons. The molecule has 6 nitrogen and oxygen atoms in total. The molecule has 2 unspecified atom stereocenters. The van der Waals surface area contributed by atoms with E-state index in [0.29, 0.717) is 19.4 Å². The number of esters is 1. The standard InChI is InChI=1S/C77H147NO5/c1-3-5-7-9-11-13-15-17-19-21-22-23-24-28-31-34-38-41-45-49-53-57-61-65-69-75(80)74(73-79)78-76(81)70-66-62-58-54-50-46-42-39-35-32-29-26-25-27-30-33-36-40-44-48-52-56-60-64-68-72-83-77(82)71-67-63-59-55-51-47-43-37-20-18-16-14-12-10-8-6-4-2/h12,14,18,20,65,69,74-75,79-80H,3-11,13,15-17,19,21-64,66-68,70-73H2,1-2H3,(H,78,81)/b14-12-,20-18-,69-65+.